The molecule has 5 nitrogen and oxygen atoms in total. The number of para-hydroxylation sites is 1. The lowest BCUT2D eigenvalue weighted by molar-refractivity contribution is -0.149. The van der Waals surface area contributed by atoms with Crippen LogP contribution in [0.2, 0.25) is 0 Å². The Kier molecular flexibility index (Phi) is 4.70. The second-order valence-electron chi connectivity index (χ2n) is 3.26. The highest BCUT2D eigenvalue weighted by molar-refractivity contribution is 5.80. The van der Waals surface area contributed by atoms with Gasteiger partial charge in [0.2, 0.25) is 0 Å². The van der Waals surface area contributed by atoms with Crippen molar-refractivity contribution in [3.8, 4) is 11.8 Å². The van der Waals surface area contributed by atoms with Crippen molar-refractivity contribution in [1.29, 1.82) is 5.26 Å². The lowest BCUT2D eigenvalue weighted by atomic mass is 10.2. The molecule has 0 atom stereocenters. The number of ether oxygens (including phenoxy) is 2. The van der Waals surface area contributed by atoms with Crippen LogP contribution in [0.15, 0.2) is 24.3 Å². The minimum absolute atomic E-state index is 0.240. The third-order valence-electron chi connectivity index (χ3n) is 1.79. The molecule has 17 heavy (non-hydrogen) atoms. The number of nitrogens with zero attached hydrogens (tertiary/aromatic N) is 1. The molecule has 1 aromatic rings. The largest absolute Gasteiger partial charge is 0.481 e. The van der Waals surface area contributed by atoms with E-state index in [0.717, 1.165) is 0 Å². The zero-order valence-electron chi connectivity index (χ0n) is 9.30. The maximum Gasteiger partial charge on any atom is 0.344 e. The van der Waals surface area contributed by atoms with Gasteiger partial charge in [-0.05, 0) is 19.1 Å². The van der Waals surface area contributed by atoms with Gasteiger partial charge in [-0.15, -0.1) is 0 Å². The van der Waals surface area contributed by atoms with E-state index in [2.05, 4.69) is 4.74 Å². The van der Waals surface area contributed by atoms with Crippen LogP contribution in [0.1, 0.15) is 12.5 Å². The highest BCUT2D eigenvalue weighted by Gasteiger charge is 2.07. The van der Waals surface area contributed by atoms with E-state index in [4.69, 9.17) is 10.00 Å². The molecule has 0 unspecified atom stereocenters. The van der Waals surface area contributed by atoms with Crippen LogP contribution in [0.4, 0.5) is 0 Å². The molecule has 0 aliphatic carbocycles. The smallest absolute Gasteiger partial charge is 0.344 e. The molecule has 0 saturated carbocycles. The Labute approximate surface area is 98.6 Å². The first-order valence-corrected chi connectivity index (χ1v) is 4.90. The summed E-state index contributed by atoms with van der Waals surface area (Å²) < 4.78 is 9.72. The lowest BCUT2D eigenvalue weighted by Gasteiger charge is -2.06. The molecule has 0 N–H and O–H groups in total. The standard InChI is InChI=1S/C12H11NO4/c1-9(14)7-17-12(15)8-16-11-5-3-2-4-10(11)6-13/h2-5H,7-8H2,1H3. The van der Waals surface area contributed by atoms with Gasteiger partial charge in [0.25, 0.3) is 0 Å². The predicted molar refractivity (Wildman–Crippen MR) is 58.3 cm³/mol. The Bertz CT molecular complexity index is 462. The first-order chi connectivity index (χ1) is 8.13. The van der Waals surface area contributed by atoms with Gasteiger partial charge in [-0.25, -0.2) is 4.79 Å². The molecule has 1 aromatic carbocycles. The quantitative estimate of drug-likeness (QED) is 0.711. The summed E-state index contributed by atoms with van der Waals surface area (Å²) in [4.78, 5) is 21.7. The van der Waals surface area contributed by atoms with Gasteiger partial charge < -0.3 is 9.47 Å². The molecular formula is C12H11NO4. The number of carbonyl (C=O) groups is 2. The van der Waals surface area contributed by atoms with E-state index in [1.807, 2.05) is 6.07 Å². The van der Waals surface area contributed by atoms with Gasteiger partial charge in [-0.1, -0.05) is 12.1 Å². The molecule has 0 spiro atoms. The van der Waals surface area contributed by atoms with Gasteiger partial charge >= 0.3 is 5.97 Å². The summed E-state index contributed by atoms with van der Waals surface area (Å²) in [7, 11) is 0. The Morgan fingerprint density at radius 2 is 2.00 bits per heavy atom. The summed E-state index contributed by atoms with van der Waals surface area (Å²) in [5, 5.41) is 8.77. The Morgan fingerprint density at radius 1 is 1.29 bits per heavy atom. The Morgan fingerprint density at radius 3 is 2.65 bits per heavy atom. The van der Waals surface area contributed by atoms with Crippen molar-refractivity contribution in [2.45, 2.75) is 6.92 Å². The minimum Gasteiger partial charge on any atom is -0.481 e. The molecule has 5 heteroatoms. The topological polar surface area (TPSA) is 76.4 Å². The van der Waals surface area contributed by atoms with E-state index >= 15 is 0 Å². The van der Waals surface area contributed by atoms with Crippen molar-refractivity contribution in [3.63, 3.8) is 0 Å². The normalized spacial score (nSPS) is 9.18. The summed E-state index contributed by atoms with van der Waals surface area (Å²) in [6.45, 7) is 0.729. The second kappa shape index (κ2) is 6.28. The molecule has 0 saturated heterocycles. The summed E-state index contributed by atoms with van der Waals surface area (Å²) >= 11 is 0. The predicted octanol–water partition coefficient (Wildman–Crippen LogP) is 1.07. The maximum absolute atomic E-state index is 11.1. The van der Waals surface area contributed by atoms with Crippen molar-refractivity contribution >= 4 is 11.8 Å². The monoisotopic (exact) mass is 233 g/mol. The lowest BCUT2D eigenvalue weighted by Crippen LogP contribution is -2.18. The van der Waals surface area contributed by atoms with E-state index in [1.54, 1.807) is 24.3 Å². The van der Waals surface area contributed by atoms with Gasteiger partial charge in [0.1, 0.15) is 18.4 Å². The summed E-state index contributed by atoms with van der Waals surface area (Å²) in [6.07, 6.45) is 0. The third kappa shape index (κ3) is 4.34. The summed E-state index contributed by atoms with van der Waals surface area (Å²) in [5.41, 5.74) is 0.340. The van der Waals surface area contributed by atoms with E-state index in [9.17, 15) is 9.59 Å². The van der Waals surface area contributed by atoms with Crippen molar-refractivity contribution in [2.24, 2.45) is 0 Å². The zero-order chi connectivity index (χ0) is 12.7. The fraction of sp³-hybridized carbons (Fsp3) is 0.250. The number of hydrogen-bond donors (Lipinski definition) is 0. The molecule has 0 radical (unpaired) electrons. The molecule has 0 bridgehead atoms. The molecular weight excluding hydrogens is 222 g/mol. The number of rotatable bonds is 5. The van der Waals surface area contributed by atoms with E-state index < -0.39 is 5.97 Å². The number of Topliss-reactive ketones (excluding diaryl/α,β-unsaturated/α-hetero) is 1. The number of esters is 1. The van der Waals surface area contributed by atoms with Gasteiger partial charge in [0.15, 0.2) is 12.4 Å². The molecule has 0 fully saturated rings. The number of nitriles is 1. The average molecular weight is 233 g/mol. The Balaban J connectivity index is 2.48. The van der Waals surface area contributed by atoms with Crippen LogP contribution in [-0.2, 0) is 14.3 Å². The van der Waals surface area contributed by atoms with Crippen LogP contribution in [0.3, 0.4) is 0 Å². The van der Waals surface area contributed by atoms with Gasteiger partial charge in [-0.3, -0.25) is 4.79 Å². The number of benzene rings is 1. The Hall–Kier alpha value is -2.35. The fourth-order valence-electron chi connectivity index (χ4n) is 1.05. The van der Waals surface area contributed by atoms with E-state index in [1.165, 1.54) is 6.92 Å². The van der Waals surface area contributed by atoms with E-state index in [0.29, 0.717) is 11.3 Å². The highest BCUT2D eigenvalue weighted by atomic mass is 16.6. The molecule has 0 heterocycles. The third-order valence-corrected chi connectivity index (χ3v) is 1.79. The van der Waals surface area contributed by atoms with Crippen molar-refractivity contribution in [3.05, 3.63) is 29.8 Å². The SMILES string of the molecule is CC(=O)COC(=O)COc1ccccc1C#N. The number of carbonyl (C=O) groups excluding carboxylic acids is 2. The molecule has 0 aliphatic rings. The van der Waals surface area contributed by atoms with Gasteiger partial charge in [0.05, 0.1) is 5.56 Å². The zero-order valence-corrected chi connectivity index (χ0v) is 9.30. The van der Waals surface area contributed by atoms with Crippen LogP contribution < -0.4 is 4.74 Å². The first kappa shape index (κ1) is 12.7. The van der Waals surface area contributed by atoms with Crippen LogP contribution >= 0.6 is 0 Å². The first-order valence-electron chi connectivity index (χ1n) is 4.90. The summed E-state index contributed by atoms with van der Waals surface area (Å²) in [5.74, 6) is -0.571. The van der Waals surface area contributed by atoms with Crippen LogP contribution in [0.5, 0.6) is 5.75 Å². The summed E-state index contributed by atoms with van der Waals surface area (Å²) in [6, 6.07) is 8.48. The molecule has 0 aromatic heterocycles. The highest BCUT2D eigenvalue weighted by Crippen LogP contribution is 2.16. The maximum atomic E-state index is 11.1. The van der Waals surface area contributed by atoms with Crippen LogP contribution in [-0.4, -0.2) is 25.0 Å². The van der Waals surface area contributed by atoms with Gasteiger partial charge in [0, 0.05) is 0 Å². The minimum atomic E-state index is -0.645. The van der Waals surface area contributed by atoms with Crippen molar-refractivity contribution in [2.75, 3.05) is 13.2 Å². The number of hydrogen-bond acceptors (Lipinski definition) is 5. The number of ketones is 1. The van der Waals surface area contributed by atoms with E-state index in [-0.39, 0.29) is 19.0 Å². The second-order valence-corrected chi connectivity index (χ2v) is 3.26. The molecule has 0 aliphatic heterocycles. The molecule has 0 amide bonds. The fourth-order valence-corrected chi connectivity index (χ4v) is 1.05. The molecule has 88 valence electrons. The van der Waals surface area contributed by atoms with Crippen molar-refractivity contribution in [1.82, 2.24) is 0 Å². The van der Waals surface area contributed by atoms with Crippen LogP contribution in [0, 0.1) is 11.3 Å². The van der Waals surface area contributed by atoms with Crippen molar-refractivity contribution < 1.29 is 19.1 Å². The average Bonchev–Trinajstić information content (AvgIpc) is 2.34. The van der Waals surface area contributed by atoms with Gasteiger partial charge in [-0.2, -0.15) is 5.26 Å². The molecule has 1 rings (SSSR count). The van der Waals surface area contributed by atoms with Crippen LogP contribution in [0.25, 0.3) is 0 Å².